The molecule has 1 fully saturated rings. The Kier molecular flexibility index (Phi) is 7.02. The summed E-state index contributed by atoms with van der Waals surface area (Å²) < 4.78 is 5.33. The van der Waals surface area contributed by atoms with Gasteiger partial charge in [-0.15, -0.1) is 0 Å². The summed E-state index contributed by atoms with van der Waals surface area (Å²) in [4.78, 5) is 11.0. The minimum atomic E-state index is -0.288. The predicted molar refractivity (Wildman–Crippen MR) is 86.8 cm³/mol. The van der Waals surface area contributed by atoms with Crippen molar-refractivity contribution in [2.75, 3.05) is 37.7 Å². The van der Waals surface area contributed by atoms with E-state index in [0.717, 1.165) is 50.7 Å². The van der Waals surface area contributed by atoms with Crippen molar-refractivity contribution in [2.24, 2.45) is 5.92 Å². The number of hydrogen-bond acceptors (Lipinski definition) is 6. The van der Waals surface area contributed by atoms with Gasteiger partial charge in [-0.1, -0.05) is 26.7 Å². The standard InChI is InChI=1S/C16H28N4O2/c1-3-14(4-2)15(21)12-17-9-13-10-18-16(19-11-13)20-5-7-22-8-6-20/h10-11,14-15,17,21H,3-9,12H2,1-2H3. The third kappa shape index (κ3) is 4.90. The fraction of sp³-hybridized carbons (Fsp3) is 0.750. The minimum Gasteiger partial charge on any atom is -0.392 e. The zero-order valence-corrected chi connectivity index (χ0v) is 13.7. The van der Waals surface area contributed by atoms with E-state index < -0.39 is 0 Å². The number of nitrogens with one attached hydrogen (secondary N) is 1. The lowest BCUT2D eigenvalue weighted by atomic mass is 9.96. The summed E-state index contributed by atoms with van der Waals surface area (Å²) in [5, 5.41) is 13.4. The summed E-state index contributed by atoms with van der Waals surface area (Å²) in [6.45, 7) is 8.70. The SMILES string of the molecule is CCC(CC)C(O)CNCc1cnc(N2CCOCC2)nc1. The molecule has 1 aromatic heterocycles. The smallest absolute Gasteiger partial charge is 0.225 e. The Hall–Kier alpha value is -1.24. The third-order valence-electron chi connectivity index (χ3n) is 4.26. The van der Waals surface area contributed by atoms with E-state index in [1.807, 2.05) is 12.4 Å². The second-order valence-corrected chi connectivity index (χ2v) is 5.77. The summed E-state index contributed by atoms with van der Waals surface area (Å²) in [6, 6.07) is 0. The van der Waals surface area contributed by atoms with Crippen LogP contribution in [0.4, 0.5) is 5.95 Å². The molecule has 1 aliphatic rings. The first-order valence-electron chi connectivity index (χ1n) is 8.27. The van der Waals surface area contributed by atoms with Gasteiger partial charge >= 0.3 is 0 Å². The van der Waals surface area contributed by atoms with E-state index in [1.165, 1.54) is 0 Å². The summed E-state index contributed by atoms with van der Waals surface area (Å²) in [7, 11) is 0. The Morgan fingerprint density at radius 1 is 1.23 bits per heavy atom. The molecule has 0 spiro atoms. The molecule has 124 valence electrons. The van der Waals surface area contributed by atoms with Crippen LogP contribution in [-0.2, 0) is 11.3 Å². The van der Waals surface area contributed by atoms with Crippen LogP contribution < -0.4 is 10.2 Å². The van der Waals surface area contributed by atoms with Crippen LogP contribution >= 0.6 is 0 Å². The van der Waals surface area contributed by atoms with Crippen LogP contribution in [0.2, 0.25) is 0 Å². The second kappa shape index (κ2) is 9.02. The van der Waals surface area contributed by atoms with Crippen molar-refractivity contribution in [2.45, 2.75) is 39.3 Å². The van der Waals surface area contributed by atoms with Gasteiger partial charge in [-0.2, -0.15) is 0 Å². The number of nitrogens with zero attached hydrogens (tertiary/aromatic N) is 3. The van der Waals surface area contributed by atoms with Crippen LogP contribution in [0.25, 0.3) is 0 Å². The molecule has 0 amide bonds. The van der Waals surface area contributed by atoms with Crippen molar-refractivity contribution in [1.82, 2.24) is 15.3 Å². The fourth-order valence-corrected chi connectivity index (χ4v) is 2.73. The molecule has 6 heteroatoms. The van der Waals surface area contributed by atoms with Crippen LogP contribution in [0.5, 0.6) is 0 Å². The molecule has 22 heavy (non-hydrogen) atoms. The average molecular weight is 308 g/mol. The maximum Gasteiger partial charge on any atom is 0.225 e. The van der Waals surface area contributed by atoms with Crippen molar-refractivity contribution >= 4 is 5.95 Å². The van der Waals surface area contributed by atoms with Crippen molar-refractivity contribution < 1.29 is 9.84 Å². The van der Waals surface area contributed by atoms with Crippen molar-refractivity contribution in [3.8, 4) is 0 Å². The molecule has 1 atom stereocenters. The van der Waals surface area contributed by atoms with Crippen LogP contribution in [0.3, 0.4) is 0 Å². The molecule has 0 bridgehead atoms. The van der Waals surface area contributed by atoms with Gasteiger partial charge in [-0.05, 0) is 5.92 Å². The van der Waals surface area contributed by atoms with Gasteiger partial charge in [0, 0.05) is 44.1 Å². The van der Waals surface area contributed by atoms with E-state index in [9.17, 15) is 5.11 Å². The molecular formula is C16H28N4O2. The number of morpholine rings is 1. The summed E-state index contributed by atoms with van der Waals surface area (Å²) in [5.74, 6) is 1.14. The maximum atomic E-state index is 10.1. The largest absolute Gasteiger partial charge is 0.392 e. The van der Waals surface area contributed by atoms with Crippen molar-refractivity contribution in [3.63, 3.8) is 0 Å². The normalized spacial score (nSPS) is 17.0. The Labute approximate surface area is 132 Å². The number of hydrogen-bond donors (Lipinski definition) is 2. The van der Waals surface area contributed by atoms with Gasteiger partial charge in [0.2, 0.25) is 5.95 Å². The molecule has 0 aromatic carbocycles. The number of aliphatic hydroxyl groups is 1. The average Bonchev–Trinajstić information content (AvgIpc) is 2.57. The molecule has 1 aliphatic heterocycles. The lowest BCUT2D eigenvalue weighted by Gasteiger charge is -2.26. The molecule has 1 unspecified atom stereocenters. The molecule has 2 heterocycles. The van der Waals surface area contributed by atoms with Crippen LogP contribution in [-0.4, -0.2) is 54.0 Å². The highest BCUT2D eigenvalue weighted by atomic mass is 16.5. The van der Waals surface area contributed by atoms with E-state index >= 15 is 0 Å². The first kappa shape index (κ1) is 17.1. The zero-order valence-electron chi connectivity index (χ0n) is 13.7. The number of aliphatic hydroxyl groups excluding tert-OH is 1. The highest BCUT2D eigenvalue weighted by molar-refractivity contribution is 5.30. The topological polar surface area (TPSA) is 70.5 Å². The van der Waals surface area contributed by atoms with Crippen molar-refractivity contribution in [1.29, 1.82) is 0 Å². The molecule has 1 aromatic rings. The highest BCUT2D eigenvalue weighted by Crippen LogP contribution is 2.13. The Balaban J connectivity index is 1.76. The molecule has 6 nitrogen and oxygen atoms in total. The van der Waals surface area contributed by atoms with Crippen molar-refractivity contribution in [3.05, 3.63) is 18.0 Å². The first-order valence-corrected chi connectivity index (χ1v) is 8.27. The van der Waals surface area contributed by atoms with Gasteiger partial charge in [-0.3, -0.25) is 0 Å². The minimum absolute atomic E-state index is 0.288. The molecule has 1 saturated heterocycles. The van der Waals surface area contributed by atoms with Crippen LogP contribution in [0.15, 0.2) is 12.4 Å². The molecule has 0 saturated carbocycles. The maximum absolute atomic E-state index is 10.1. The van der Waals surface area contributed by atoms with E-state index in [2.05, 4.69) is 34.0 Å². The van der Waals surface area contributed by atoms with Gasteiger partial charge in [0.25, 0.3) is 0 Å². The number of rotatable bonds is 8. The van der Waals surface area contributed by atoms with E-state index in [0.29, 0.717) is 19.0 Å². The van der Waals surface area contributed by atoms with E-state index in [4.69, 9.17) is 4.74 Å². The molecule has 2 N–H and O–H groups in total. The van der Waals surface area contributed by atoms with Gasteiger partial charge in [-0.25, -0.2) is 9.97 Å². The lowest BCUT2D eigenvalue weighted by Crippen LogP contribution is -2.37. The first-order chi connectivity index (χ1) is 10.7. The second-order valence-electron chi connectivity index (χ2n) is 5.77. The predicted octanol–water partition coefficient (Wildman–Crippen LogP) is 1.20. The third-order valence-corrected chi connectivity index (χ3v) is 4.26. The van der Waals surface area contributed by atoms with E-state index in [-0.39, 0.29) is 6.10 Å². The molecule has 0 radical (unpaired) electrons. The van der Waals surface area contributed by atoms with Gasteiger partial charge < -0.3 is 20.1 Å². The fourth-order valence-electron chi connectivity index (χ4n) is 2.73. The highest BCUT2D eigenvalue weighted by Gasteiger charge is 2.15. The van der Waals surface area contributed by atoms with Gasteiger partial charge in [0.15, 0.2) is 0 Å². The Morgan fingerprint density at radius 3 is 2.45 bits per heavy atom. The number of ether oxygens (including phenoxy) is 1. The van der Waals surface area contributed by atoms with Gasteiger partial charge in [0.1, 0.15) is 0 Å². The Morgan fingerprint density at radius 2 is 1.86 bits per heavy atom. The summed E-state index contributed by atoms with van der Waals surface area (Å²) in [5.41, 5.74) is 1.04. The summed E-state index contributed by atoms with van der Waals surface area (Å²) in [6.07, 6.45) is 5.44. The quantitative estimate of drug-likeness (QED) is 0.752. The van der Waals surface area contributed by atoms with E-state index in [1.54, 1.807) is 0 Å². The summed E-state index contributed by atoms with van der Waals surface area (Å²) >= 11 is 0. The van der Waals surface area contributed by atoms with Gasteiger partial charge in [0.05, 0.1) is 19.3 Å². The lowest BCUT2D eigenvalue weighted by molar-refractivity contribution is 0.101. The zero-order chi connectivity index (χ0) is 15.8. The Bertz CT molecular complexity index is 417. The molecular weight excluding hydrogens is 280 g/mol. The van der Waals surface area contributed by atoms with Crippen LogP contribution in [0.1, 0.15) is 32.3 Å². The van der Waals surface area contributed by atoms with Crippen LogP contribution in [0, 0.1) is 5.92 Å². The number of anilines is 1. The number of aromatic nitrogens is 2. The monoisotopic (exact) mass is 308 g/mol. The molecule has 2 rings (SSSR count). The molecule has 0 aliphatic carbocycles.